The maximum atomic E-state index is 12.8. The second-order valence-electron chi connectivity index (χ2n) is 6.61. The molecule has 0 radical (unpaired) electrons. The number of halogens is 3. The largest absolute Gasteiger partial charge is 0.496 e. The lowest BCUT2D eigenvalue weighted by Gasteiger charge is -2.21. The second-order valence-corrected chi connectivity index (χ2v) is 6.61. The van der Waals surface area contributed by atoms with Crippen LogP contribution in [-0.2, 0) is 27.4 Å². The van der Waals surface area contributed by atoms with Crippen LogP contribution in [0.1, 0.15) is 40.4 Å². The molecule has 2 N–H and O–H groups in total. The van der Waals surface area contributed by atoms with E-state index < -0.39 is 24.0 Å². The molecular weight excluding hydrogens is 395 g/mol. The molecule has 2 rings (SSSR count). The number of alkyl halides is 3. The van der Waals surface area contributed by atoms with Crippen LogP contribution in [0.15, 0.2) is 12.2 Å². The van der Waals surface area contributed by atoms with Gasteiger partial charge in [0.1, 0.15) is 12.4 Å². The van der Waals surface area contributed by atoms with Crippen molar-refractivity contribution >= 4 is 23.5 Å². The monoisotopic (exact) mass is 415 g/mol. The molecule has 0 saturated carbocycles. The fourth-order valence-corrected chi connectivity index (χ4v) is 3.13. The van der Waals surface area contributed by atoms with Crippen LogP contribution in [0.2, 0.25) is 0 Å². The van der Waals surface area contributed by atoms with Gasteiger partial charge < -0.3 is 19.9 Å². The van der Waals surface area contributed by atoms with E-state index in [2.05, 4.69) is 0 Å². The van der Waals surface area contributed by atoms with Crippen molar-refractivity contribution in [2.24, 2.45) is 5.92 Å². The molecule has 1 unspecified atom stereocenters. The van der Waals surface area contributed by atoms with Gasteiger partial charge in [-0.25, -0.2) is 9.59 Å². The highest BCUT2D eigenvalue weighted by atomic mass is 19.4. The molecule has 0 fully saturated rings. The number of rotatable bonds is 7. The van der Waals surface area contributed by atoms with Gasteiger partial charge in [0.05, 0.1) is 18.4 Å². The lowest BCUT2D eigenvalue weighted by atomic mass is 9.91. The SMILES string of the molecule is COc1c(C)c2c(c(NC(=O)C(F)(F)F)c1CCC(C)/C=C/C(=O)O)C(=O)OC2. The van der Waals surface area contributed by atoms with E-state index in [1.165, 1.54) is 13.2 Å². The van der Waals surface area contributed by atoms with Gasteiger partial charge in [0.15, 0.2) is 0 Å². The maximum Gasteiger partial charge on any atom is 0.471 e. The van der Waals surface area contributed by atoms with E-state index in [1.54, 1.807) is 19.2 Å². The van der Waals surface area contributed by atoms with Crippen molar-refractivity contribution in [2.45, 2.75) is 39.5 Å². The lowest BCUT2D eigenvalue weighted by molar-refractivity contribution is -0.167. The Hall–Kier alpha value is -3.04. The molecule has 0 spiro atoms. The van der Waals surface area contributed by atoms with Gasteiger partial charge in [0.2, 0.25) is 0 Å². The minimum atomic E-state index is -5.15. The standard InChI is InChI=1S/C19H20F3NO6/c1-9(5-7-13(24)25)4-6-11-15(23-18(27)19(20,21)22)14-12(8-29-17(14)26)10(2)16(11)28-3/h5,7,9H,4,6,8H2,1-3H3,(H,23,27)(H,24,25)/b7-5+. The normalized spacial score (nSPS) is 14.5. The van der Waals surface area contributed by atoms with Crippen LogP contribution in [0.4, 0.5) is 18.9 Å². The third kappa shape index (κ3) is 4.87. The number of carbonyl (C=O) groups is 3. The number of carbonyl (C=O) groups excluding carboxylic acids is 2. The van der Waals surface area contributed by atoms with Crippen LogP contribution in [0, 0.1) is 12.8 Å². The van der Waals surface area contributed by atoms with Crippen molar-refractivity contribution in [2.75, 3.05) is 12.4 Å². The zero-order chi connectivity index (χ0) is 21.9. The molecule has 7 nitrogen and oxygen atoms in total. The van der Waals surface area contributed by atoms with E-state index in [9.17, 15) is 27.6 Å². The fourth-order valence-electron chi connectivity index (χ4n) is 3.13. The molecule has 0 saturated heterocycles. The highest BCUT2D eigenvalue weighted by molar-refractivity contribution is 6.06. The minimum absolute atomic E-state index is 0.121. The summed E-state index contributed by atoms with van der Waals surface area (Å²) in [5, 5.41) is 10.5. The van der Waals surface area contributed by atoms with Crippen LogP contribution >= 0.6 is 0 Å². The van der Waals surface area contributed by atoms with Gasteiger partial charge in [0.25, 0.3) is 0 Å². The van der Waals surface area contributed by atoms with Crippen molar-refractivity contribution in [3.63, 3.8) is 0 Å². The van der Waals surface area contributed by atoms with E-state index in [4.69, 9.17) is 14.6 Å². The zero-order valence-corrected chi connectivity index (χ0v) is 16.0. The summed E-state index contributed by atoms with van der Waals surface area (Å²) in [5.74, 6) is -4.16. The average molecular weight is 415 g/mol. The van der Waals surface area contributed by atoms with Crippen molar-refractivity contribution in [3.05, 3.63) is 34.4 Å². The van der Waals surface area contributed by atoms with E-state index in [0.717, 1.165) is 6.08 Å². The first-order valence-corrected chi connectivity index (χ1v) is 8.66. The molecule has 1 aliphatic heterocycles. The number of methoxy groups -OCH3 is 1. The Labute approximate surface area is 164 Å². The Balaban J connectivity index is 2.53. The molecule has 0 aromatic heterocycles. The predicted molar refractivity (Wildman–Crippen MR) is 95.8 cm³/mol. The van der Waals surface area contributed by atoms with Gasteiger partial charge in [-0.05, 0) is 31.2 Å². The second kappa shape index (κ2) is 8.54. The van der Waals surface area contributed by atoms with Crippen molar-refractivity contribution in [1.29, 1.82) is 0 Å². The highest BCUT2D eigenvalue weighted by Crippen LogP contribution is 2.42. The number of fused-ring (bicyclic) bond motifs is 1. The van der Waals surface area contributed by atoms with Gasteiger partial charge in [-0.15, -0.1) is 0 Å². The average Bonchev–Trinajstić information content (AvgIpc) is 3.01. The van der Waals surface area contributed by atoms with Crippen molar-refractivity contribution in [1.82, 2.24) is 0 Å². The number of carboxylic acid groups (broad SMARTS) is 1. The number of esters is 1. The van der Waals surface area contributed by atoms with E-state index >= 15 is 0 Å². The topological polar surface area (TPSA) is 102 Å². The molecule has 1 heterocycles. The first-order valence-electron chi connectivity index (χ1n) is 8.66. The highest BCUT2D eigenvalue weighted by Gasteiger charge is 2.41. The van der Waals surface area contributed by atoms with E-state index in [-0.39, 0.29) is 41.5 Å². The molecule has 29 heavy (non-hydrogen) atoms. The smallest absolute Gasteiger partial charge is 0.471 e. The number of cyclic esters (lactones) is 1. The Morgan fingerprint density at radius 3 is 2.59 bits per heavy atom. The van der Waals surface area contributed by atoms with Crippen LogP contribution in [0.25, 0.3) is 0 Å². The molecule has 1 atom stereocenters. The quantitative estimate of drug-likeness (QED) is 0.523. The first kappa shape index (κ1) is 22.3. The number of benzene rings is 1. The van der Waals surface area contributed by atoms with Gasteiger partial charge in [-0.2, -0.15) is 13.2 Å². The summed E-state index contributed by atoms with van der Waals surface area (Å²) in [5.41, 5.74) is 0.691. The van der Waals surface area contributed by atoms with Gasteiger partial charge in [0, 0.05) is 17.2 Å². The van der Waals surface area contributed by atoms with Crippen LogP contribution < -0.4 is 10.1 Å². The summed E-state index contributed by atoms with van der Waals surface area (Å²) in [6, 6.07) is 0. The van der Waals surface area contributed by atoms with E-state index in [1.807, 2.05) is 0 Å². The number of amides is 1. The third-order valence-corrected chi connectivity index (χ3v) is 4.59. The lowest BCUT2D eigenvalue weighted by Crippen LogP contribution is -2.31. The molecular formula is C19H20F3NO6. The Morgan fingerprint density at radius 2 is 2.03 bits per heavy atom. The first-order chi connectivity index (χ1) is 13.5. The molecule has 158 valence electrons. The van der Waals surface area contributed by atoms with Gasteiger partial charge in [-0.1, -0.05) is 13.0 Å². The molecule has 1 amide bonds. The molecule has 0 aliphatic carbocycles. The maximum absolute atomic E-state index is 12.8. The number of nitrogens with one attached hydrogen (secondary N) is 1. The van der Waals surface area contributed by atoms with Crippen LogP contribution in [-0.4, -0.2) is 36.2 Å². The molecule has 1 aromatic rings. The van der Waals surface area contributed by atoms with Crippen molar-refractivity contribution in [3.8, 4) is 5.75 Å². The third-order valence-electron chi connectivity index (χ3n) is 4.59. The fraction of sp³-hybridized carbons (Fsp3) is 0.421. The minimum Gasteiger partial charge on any atom is -0.496 e. The zero-order valence-electron chi connectivity index (χ0n) is 16.0. The number of allylic oxidation sites excluding steroid dienone is 1. The number of carboxylic acids is 1. The molecule has 1 aromatic carbocycles. The molecule has 0 bridgehead atoms. The number of anilines is 1. The summed E-state index contributed by atoms with van der Waals surface area (Å²) >= 11 is 0. The van der Waals surface area contributed by atoms with Crippen LogP contribution in [0.3, 0.4) is 0 Å². The summed E-state index contributed by atoms with van der Waals surface area (Å²) in [4.78, 5) is 34.4. The number of aliphatic carboxylic acids is 1. The molecule has 10 heteroatoms. The van der Waals surface area contributed by atoms with Gasteiger partial charge in [-0.3, -0.25) is 4.79 Å². The van der Waals surface area contributed by atoms with E-state index in [0.29, 0.717) is 17.5 Å². The Bertz CT molecular complexity index is 876. The number of ether oxygens (including phenoxy) is 2. The number of hydrogen-bond acceptors (Lipinski definition) is 5. The summed E-state index contributed by atoms with van der Waals surface area (Å²) < 4.78 is 48.8. The summed E-state index contributed by atoms with van der Waals surface area (Å²) in [6.45, 7) is 3.24. The van der Waals surface area contributed by atoms with Crippen molar-refractivity contribution < 1.29 is 42.1 Å². The predicted octanol–water partition coefficient (Wildman–Crippen LogP) is 3.38. The van der Waals surface area contributed by atoms with Crippen LogP contribution in [0.5, 0.6) is 5.75 Å². The molecule has 1 aliphatic rings. The number of hydrogen-bond donors (Lipinski definition) is 2. The Kier molecular flexibility index (Phi) is 6.55. The van der Waals surface area contributed by atoms with Gasteiger partial charge >= 0.3 is 24.0 Å². The Morgan fingerprint density at radius 1 is 1.38 bits per heavy atom. The summed E-state index contributed by atoms with van der Waals surface area (Å²) in [6.07, 6.45) is -2.27. The summed E-state index contributed by atoms with van der Waals surface area (Å²) in [7, 11) is 1.33.